The standard InChI is InChI=1S/C16H14N6OS/c1-11-15(24-10-18-11)16-19-14(21-23-16)9-17-13-7-8-22(20-13)12-5-3-2-4-6-12/h2-8,10H,9H2,1H3,(H,17,20). The first-order valence-corrected chi connectivity index (χ1v) is 8.25. The highest BCUT2D eigenvalue weighted by molar-refractivity contribution is 7.13. The van der Waals surface area contributed by atoms with Crippen LogP contribution >= 0.6 is 11.3 Å². The monoisotopic (exact) mass is 338 g/mol. The lowest BCUT2D eigenvalue weighted by Crippen LogP contribution is -2.03. The molecule has 0 unspecified atom stereocenters. The van der Waals surface area contributed by atoms with Crippen LogP contribution in [0.4, 0.5) is 5.82 Å². The van der Waals surface area contributed by atoms with Gasteiger partial charge in [-0.2, -0.15) is 10.1 Å². The summed E-state index contributed by atoms with van der Waals surface area (Å²) in [6.45, 7) is 2.36. The van der Waals surface area contributed by atoms with Gasteiger partial charge in [0.15, 0.2) is 5.82 Å². The van der Waals surface area contributed by atoms with E-state index in [1.807, 2.05) is 54.2 Å². The van der Waals surface area contributed by atoms with Gasteiger partial charge in [0.1, 0.15) is 10.7 Å². The zero-order chi connectivity index (χ0) is 16.4. The molecule has 0 aliphatic carbocycles. The van der Waals surface area contributed by atoms with Gasteiger partial charge < -0.3 is 9.84 Å². The number of aryl methyl sites for hydroxylation is 1. The van der Waals surface area contributed by atoms with Crippen LogP contribution in [-0.2, 0) is 6.54 Å². The molecule has 0 spiro atoms. The predicted octanol–water partition coefficient (Wildman–Crippen LogP) is 3.30. The Morgan fingerprint density at radius 2 is 2.08 bits per heavy atom. The Hall–Kier alpha value is -3.00. The fraction of sp³-hybridized carbons (Fsp3) is 0.125. The Morgan fingerprint density at radius 3 is 2.88 bits per heavy atom. The second-order valence-electron chi connectivity index (χ2n) is 5.12. The second kappa shape index (κ2) is 6.25. The Balaban J connectivity index is 1.44. The molecular weight excluding hydrogens is 324 g/mol. The van der Waals surface area contributed by atoms with Crippen LogP contribution in [-0.4, -0.2) is 24.9 Å². The largest absolute Gasteiger partial charge is 0.361 e. The van der Waals surface area contributed by atoms with Gasteiger partial charge in [0, 0.05) is 12.3 Å². The molecule has 3 heterocycles. The molecule has 0 radical (unpaired) electrons. The molecule has 0 aliphatic heterocycles. The molecule has 0 bridgehead atoms. The van der Waals surface area contributed by atoms with Crippen LogP contribution in [0.15, 0.2) is 52.6 Å². The van der Waals surface area contributed by atoms with E-state index in [2.05, 4.69) is 25.5 Å². The van der Waals surface area contributed by atoms with Gasteiger partial charge in [-0.15, -0.1) is 11.3 Å². The van der Waals surface area contributed by atoms with E-state index < -0.39 is 0 Å². The van der Waals surface area contributed by atoms with E-state index in [4.69, 9.17) is 4.52 Å². The Bertz CT molecular complexity index is 942. The number of thiazole rings is 1. The molecule has 0 fully saturated rings. The summed E-state index contributed by atoms with van der Waals surface area (Å²) in [5.74, 6) is 1.83. The van der Waals surface area contributed by atoms with Crippen LogP contribution in [0.25, 0.3) is 16.5 Å². The molecule has 3 aromatic heterocycles. The van der Waals surface area contributed by atoms with Crippen molar-refractivity contribution in [3.05, 3.63) is 59.6 Å². The summed E-state index contributed by atoms with van der Waals surface area (Å²) < 4.78 is 7.11. The van der Waals surface area contributed by atoms with Crippen molar-refractivity contribution < 1.29 is 4.52 Å². The summed E-state index contributed by atoms with van der Waals surface area (Å²) >= 11 is 1.49. The number of benzene rings is 1. The summed E-state index contributed by atoms with van der Waals surface area (Å²) in [5, 5.41) is 11.7. The molecule has 24 heavy (non-hydrogen) atoms. The minimum atomic E-state index is 0.438. The van der Waals surface area contributed by atoms with Gasteiger partial charge in [-0.05, 0) is 19.1 Å². The number of aromatic nitrogens is 5. The molecule has 1 N–H and O–H groups in total. The first-order chi connectivity index (χ1) is 11.8. The Labute approximate surface area is 142 Å². The van der Waals surface area contributed by atoms with Crippen LogP contribution in [0, 0.1) is 6.92 Å². The average molecular weight is 338 g/mol. The third kappa shape index (κ3) is 2.91. The normalized spacial score (nSPS) is 10.9. The van der Waals surface area contributed by atoms with Crippen molar-refractivity contribution in [2.75, 3.05) is 5.32 Å². The predicted molar refractivity (Wildman–Crippen MR) is 91.0 cm³/mol. The minimum Gasteiger partial charge on any atom is -0.361 e. The van der Waals surface area contributed by atoms with Crippen LogP contribution in [0.1, 0.15) is 11.5 Å². The Morgan fingerprint density at radius 1 is 1.21 bits per heavy atom. The van der Waals surface area contributed by atoms with Gasteiger partial charge in [-0.25, -0.2) is 9.67 Å². The zero-order valence-corrected chi connectivity index (χ0v) is 13.7. The molecule has 0 amide bonds. The molecule has 0 saturated carbocycles. The first kappa shape index (κ1) is 14.6. The maximum atomic E-state index is 5.30. The molecule has 0 aliphatic rings. The summed E-state index contributed by atoms with van der Waals surface area (Å²) in [7, 11) is 0. The number of nitrogens with one attached hydrogen (secondary N) is 1. The number of hydrogen-bond acceptors (Lipinski definition) is 7. The molecule has 0 saturated heterocycles. The smallest absolute Gasteiger partial charge is 0.269 e. The maximum Gasteiger partial charge on any atom is 0.269 e. The van der Waals surface area contributed by atoms with Crippen LogP contribution in [0.3, 0.4) is 0 Å². The fourth-order valence-electron chi connectivity index (χ4n) is 2.24. The molecule has 120 valence electrons. The van der Waals surface area contributed by atoms with E-state index in [1.54, 1.807) is 5.51 Å². The Kier molecular flexibility index (Phi) is 3.80. The van der Waals surface area contributed by atoms with E-state index in [-0.39, 0.29) is 0 Å². The number of hydrogen-bond donors (Lipinski definition) is 1. The van der Waals surface area contributed by atoms with Crippen LogP contribution < -0.4 is 5.32 Å². The van der Waals surface area contributed by atoms with Gasteiger partial charge in [0.2, 0.25) is 0 Å². The van der Waals surface area contributed by atoms with Crippen molar-refractivity contribution in [1.82, 2.24) is 24.9 Å². The van der Waals surface area contributed by atoms with Crippen LogP contribution in [0.5, 0.6) is 0 Å². The number of rotatable bonds is 5. The highest BCUT2D eigenvalue weighted by atomic mass is 32.1. The summed E-state index contributed by atoms with van der Waals surface area (Å²) in [5.41, 5.74) is 3.67. The lowest BCUT2D eigenvalue weighted by atomic mass is 10.3. The van der Waals surface area contributed by atoms with Gasteiger partial charge in [-0.3, -0.25) is 0 Å². The zero-order valence-electron chi connectivity index (χ0n) is 12.9. The fourth-order valence-corrected chi connectivity index (χ4v) is 2.96. The molecule has 7 nitrogen and oxygen atoms in total. The van der Waals surface area contributed by atoms with Gasteiger partial charge in [-0.1, -0.05) is 23.4 Å². The topological polar surface area (TPSA) is 81.7 Å². The maximum absolute atomic E-state index is 5.30. The molecule has 4 aromatic rings. The quantitative estimate of drug-likeness (QED) is 0.601. The summed E-state index contributed by atoms with van der Waals surface area (Å²) in [4.78, 5) is 9.48. The second-order valence-corrected chi connectivity index (χ2v) is 5.97. The number of para-hydroxylation sites is 1. The minimum absolute atomic E-state index is 0.438. The van der Waals surface area contributed by atoms with Crippen molar-refractivity contribution >= 4 is 17.2 Å². The highest BCUT2D eigenvalue weighted by Crippen LogP contribution is 2.25. The SMILES string of the molecule is Cc1ncsc1-c1nc(CNc2ccn(-c3ccccc3)n2)no1. The average Bonchev–Trinajstić information content (AvgIpc) is 3.34. The van der Waals surface area contributed by atoms with Crippen molar-refractivity contribution in [2.24, 2.45) is 0 Å². The van der Waals surface area contributed by atoms with Crippen molar-refractivity contribution in [3.8, 4) is 16.5 Å². The third-order valence-corrected chi connectivity index (χ3v) is 4.36. The highest BCUT2D eigenvalue weighted by Gasteiger charge is 2.13. The van der Waals surface area contributed by atoms with E-state index in [1.165, 1.54) is 11.3 Å². The van der Waals surface area contributed by atoms with Gasteiger partial charge >= 0.3 is 0 Å². The van der Waals surface area contributed by atoms with Crippen LogP contribution in [0.2, 0.25) is 0 Å². The van der Waals surface area contributed by atoms with E-state index in [0.29, 0.717) is 18.3 Å². The summed E-state index contributed by atoms with van der Waals surface area (Å²) in [6, 6.07) is 11.8. The molecule has 8 heteroatoms. The van der Waals surface area contributed by atoms with E-state index >= 15 is 0 Å². The molecule has 4 rings (SSSR count). The van der Waals surface area contributed by atoms with Gasteiger partial charge in [0.05, 0.1) is 23.4 Å². The molecule has 0 atom stereocenters. The van der Waals surface area contributed by atoms with Crippen molar-refractivity contribution in [3.63, 3.8) is 0 Å². The lowest BCUT2D eigenvalue weighted by Gasteiger charge is -2.00. The molecule has 1 aromatic carbocycles. The van der Waals surface area contributed by atoms with Crippen molar-refractivity contribution in [1.29, 1.82) is 0 Å². The molecular formula is C16H14N6OS. The number of nitrogens with zero attached hydrogens (tertiary/aromatic N) is 5. The third-order valence-electron chi connectivity index (χ3n) is 3.45. The van der Waals surface area contributed by atoms with Gasteiger partial charge in [0.25, 0.3) is 5.89 Å². The van der Waals surface area contributed by atoms with Crippen molar-refractivity contribution in [2.45, 2.75) is 13.5 Å². The van der Waals surface area contributed by atoms with E-state index in [9.17, 15) is 0 Å². The lowest BCUT2D eigenvalue weighted by molar-refractivity contribution is 0.424. The number of anilines is 1. The van der Waals surface area contributed by atoms with E-state index in [0.717, 1.165) is 22.1 Å². The summed E-state index contributed by atoms with van der Waals surface area (Å²) in [6.07, 6.45) is 1.90. The first-order valence-electron chi connectivity index (χ1n) is 7.37.